The first-order chi connectivity index (χ1) is 19.8. The van der Waals surface area contributed by atoms with Gasteiger partial charge in [0, 0.05) is 23.0 Å². The van der Waals surface area contributed by atoms with E-state index >= 15 is 0 Å². The number of hydrogen-bond acceptors (Lipinski definition) is 14. The molecule has 0 N–H and O–H groups in total. The van der Waals surface area contributed by atoms with Crippen molar-refractivity contribution in [2.75, 3.05) is 36.2 Å². The lowest BCUT2D eigenvalue weighted by Gasteiger charge is -2.22. The van der Waals surface area contributed by atoms with Crippen LogP contribution in [0, 0.1) is 0 Å². The zero-order valence-electron chi connectivity index (χ0n) is 29.6. The summed E-state index contributed by atoms with van der Waals surface area (Å²) in [7, 11) is 0. The molecule has 0 rings (SSSR count). The molecule has 0 saturated carbocycles. The third-order valence-electron chi connectivity index (χ3n) is 4.84. The number of carbonyl (C=O) groups is 2. The molecule has 0 heterocycles. The summed E-state index contributed by atoms with van der Waals surface area (Å²) in [6.45, 7) is 28.6. The van der Waals surface area contributed by atoms with Crippen molar-refractivity contribution in [3.8, 4) is 0 Å². The Bertz CT molecular complexity index is 896. The number of carbonyl (C=O) groups excluding carboxylic acids is 2. The molecule has 256 valence electrons. The summed E-state index contributed by atoms with van der Waals surface area (Å²) in [6, 6.07) is 0. The third-order valence-corrected chi connectivity index (χ3v) is 9.55. The van der Waals surface area contributed by atoms with Crippen molar-refractivity contribution in [2.24, 2.45) is 30.7 Å². The van der Waals surface area contributed by atoms with Crippen molar-refractivity contribution >= 4 is 59.0 Å². The molecule has 0 aromatic rings. The van der Waals surface area contributed by atoms with Crippen molar-refractivity contribution in [1.82, 2.24) is 0 Å². The van der Waals surface area contributed by atoms with Gasteiger partial charge in [-0.25, -0.2) is 0 Å². The van der Waals surface area contributed by atoms with Crippen LogP contribution in [0.25, 0.3) is 0 Å². The maximum absolute atomic E-state index is 12.2. The molecule has 0 amide bonds. The summed E-state index contributed by atoms with van der Waals surface area (Å²) >= 11 is 6.33. The molecule has 0 fully saturated rings. The molecule has 0 radical (unpaired) electrons. The Morgan fingerprint density at radius 3 is 0.955 bits per heavy atom. The normalized spacial score (nSPS) is 14.2. The number of nitrogens with zero attached hydrogens (tertiary/aromatic N) is 6. The fraction of sp³-hybridized carbons (Fsp3) is 0.933. The first kappa shape index (κ1) is 43.1. The Kier molecular flexibility index (Phi) is 18.7. The van der Waals surface area contributed by atoms with Crippen LogP contribution >= 0.6 is 47.0 Å². The summed E-state index contributed by atoms with van der Waals surface area (Å²) in [6.07, 6.45) is 0.657. The van der Waals surface area contributed by atoms with E-state index in [0.29, 0.717) is 49.1 Å². The van der Waals surface area contributed by atoms with Gasteiger partial charge in [-0.2, -0.15) is 30.7 Å². The number of rotatable bonds is 20. The highest BCUT2D eigenvalue weighted by Crippen LogP contribution is 2.32. The number of azo groups is 3. The minimum absolute atomic E-state index is 0.217. The van der Waals surface area contributed by atoms with E-state index in [-0.39, 0.29) is 32.8 Å². The Morgan fingerprint density at radius 1 is 0.432 bits per heavy atom. The molecule has 0 aromatic carbocycles. The lowest BCUT2D eigenvalue weighted by atomic mass is 10.1. The number of esters is 2. The molecule has 0 saturated heterocycles. The van der Waals surface area contributed by atoms with Crippen LogP contribution in [0.3, 0.4) is 0 Å². The van der Waals surface area contributed by atoms with Crippen LogP contribution in [0.1, 0.15) is 110 Å². The molecule has 0 aromatic heterocycles. The van der Waals surface area contributed by atoms with Crippen LogP contribution in [0.4, 0.5) is 0 Å². The molecule has 0 spiro atoms. The highest BCUT2D eigenvalue weighted by atomic mass is 32.2. The van der Waals surface area contributed by atoms with Crippen molar-refractivity contribution in [2.45, 2.75) is 140 Å². The summed E-state index contributed by atoms with van der Waals surface area (Å²) in [5.74, 6) is 2.05. The Morgan fingerprint density at radius 2 is 0.682 bits per heavy atom. The molecule has 0 aliphatic carbocycles. The van der Waals surface area contributed by atoms with Crippen LogP contribution in [-0.4, -0.2) is 78.7 Å². The molecule has 0 aliphatic heterocycles. The van der Waals surface area contributed by atoms with Gasteiger partial charge in [0.25, 0.3) is 0 Å². The van der Waals surface area contributed by atoms with Gasteiger partial charge in [0.2, 0.25) is 0 Å². The average Bonchev–Trinajstić information content (AvgIpc) is 2.85. The molecular formula is C30H58N6O4S4. The van der Waals surface area contributed by atoms with E-state index in [1.807, 2.05) is 96.9 Å². The lowest BCUT2D eigenvalue weighted by Crippen LogP contribution is -2.19. The average molecular weight is 695 g/mol. The van der Waals surface area contributed by atoms with E-state index < -0.39 is 9.74 Å². The topological polar surface area (TPSA) is 127 Å². The van der Waals surface area contributed by atoms with E-state index in [2.05, 4.69) is 30.7 Å². The zero-order valence-corrected chi connectivity index (χ0v) is 32.9. The van der Waals surface area contributed by atoms with Gasteiger partial charge in [0.15, 0.2) is 0 Å². The highest BCUT2D eigenvalue weighted by molar-refractivity contribution is 8.01. The predicted molar refractivity (Wildman–Crippen MR) is 191 cm³/mol. The highest BCUT2D eigenvalue weighted by Gasteiger charge is 2.24. The first-order valence-corrected chi connectivity index (χ1v) is 19.0. The summed E-state index contributed by atoms with van der Waals surface area (Å²) in [4.78, 5) is 22.6. The van der Waals surface area contributed by atoms with Crippen LogP contribution in [0.15, 0.2) is 30.7 Å². The Balaban J connectivity index is 4.29. The molecule has 0 aliphatic rings. The zero-order chi connectivity index (χ0) is 34.3. The molecule has 44 heavy (non-hydrogen) atoms. The lowest BCUT2D eigenvalue weighted by molar-refractivity contribution is -0.143. The van der Waals surface area contributed by atoms with Crippen LogP contribution in [-0.2, 0) is 19.1 Å². The van der Waals surface area contributed by atoms with E-state index in [0.717, 1.165) is 0 Å². The second-order valence-electron chi connectivity index (χ2n) is 14.1. The Hall–Kier alpha value is -0.860. The smallest absolute Gasteiger partial charge is 0.306 e. The second kappa shape index (κ2) is 19.1. The van der Waals surface area contributed by atoms with Gasteiger partial charge in [-0.3, -0.25) is 9.59 Å². The largest absolute Gasteiger partial charge is 0.465 e. The Labute approximate surface area is 284 Å². The predicted octanol–water partition coefficient (Wildman–Crippen LogP) is 9.68. The van der Waals surface area contributed by atoms with Gasteiger partial charge in [-0.15, -0.1) is 47.0 Å². The van der Waals surface area contributed by atoms with Gasteiger partial charge in [-0.1, -0.05) is 0 Å². The van der Waals surface area contributed by atoms with Crippen LogP contribution < -0.4 is 0 Å². The summed E-state index contributed by atoms with van der Waals surface area (Å²) < 4.78 is 10.8. The van der Waals surface area contributed by atoms with Gasteiger partial charge in [0.1, 0.15) is 32.7 Å². The standard InChI is InChI=1S/C30H58N6O4S4/c1-25(2,3)31-33-27(7,8)41-19-15-23(37)39-17-21-43-29(11,12)35-36-30(13,14)44-22-18-40-24(38)16-20-42-28(9,10)34-32-26(4,5)6/h15-22H2,1-14H3. The number of thioether (sulfide) groups is 4. The van der Waals surface area contributed by atoms with Crippen molar-refractivity contribution < 1.29 is 19.1 Å². The minimum atomic E-state index is -0.466. The molecule has 10 nitrogen and oxygen atoms in total. The van der Waals surface area contributed by atoms with Crippen molar-refractivity contribution in [3.63, 3.8) is 0 Å². The molecule has 14 heteroatoms. The van der Waals surface area contributed by atoms with E-state index in [1.54, 1.807) is 47.0 Å². The maximum Gasteiger partial charge on any atom is 0.306 e. The fourth-order valence-electron chi connectivity index (χ4n) is 2.70. The fourth-order valence-corrected chi connectivity index (χ4v) is 5.97. The number of ether oxygens (including phenoxy) is 2. The monoisotopic (exact) mass is 694 g/mol. The summed E-state index contributed by atoms with van der Waals surface area (Å²) in [5, 5.41) is 26.5. The van der Waals surface area contributed by atoms with Gasteiger partial charge in [-0.05, 0) is 96.9 Å². The third kappa shape index (κ3) is 26.4. The second-order valence-corrected chi connectivity index (χ2v) is 20.8. The van der Waals surface area contributed by atoms with E-state index in [4.69, 9.17) is 9.47 Å². The van der Waals surface area contributed by atoms with Crippen LogP contribution in [0.2, 0.25) is 0 Å². The van der Waals surface area contributed by atoms with Crippen LogP contribution in [0.5, 0.6) is 0 Å². The maximum atomic E-state index is 12.2. The molecule has 0 atom stereocenters. The SMILES string of the molecule is CC(C)(C)N=NC(C)(C)SCCC(=O)OCCSC(C)(C)N=NC(C)(C)SCCOC(=O)CCSC(C)(C)N=NC(C)(C)C. The van der Waals surface area contributed by atoms with Gasteiger partial charge in [0.05, 0.1) is 23.9 Å². The number of hydrogen-bond donors (Lipinski definition) is 0. The minimum Gasteiger partial charge on any atom is -0.465 e. The summed E-state index contributed by atoms with van der Waals surface area (Å²) in [5.41, 5.74) is -0.434. The van der Waals surface area contributed by atoms with Gasteiger partial charge < -0.3 is 9.47 Å². The van der Waals surface area contributed by atoms with Gasteiger partial charge >= 0.3 is 11.9 Å². The van der Waals surface area contributed by atoms with Crippen molar-refractivity contribution in [1.29, 1.82) is 0 Å². The quantitative estimate of drug-likeness (QED) is 0.0700. The van der Waals surface area contributed by atoms with E-state index in [1.165, 1.54) is 0 Å². The van der Waals surface area contributed by atoms with E-state index in [9.17, 15) is 9.59 Å². The molecule has 0 bridgehead atoms. The van der Waals surface area contributed by atoms with Crippen molar-refractivity contribution in [3.05, 3.63) is 0 Å². The molecular weight excluding hydrogens is 637 g/mol. The molecule has 0 unspecified atom stereocenters. The first-order valence-electron chi connectivity index (χ1n) is 15.0.